The first-order valence-electron chi connectivity index (χ1n) is 25.1. The molecule has 0 aliphatic heterocycles. The summed E-state index contributed by atoms with van der Waals surface area (Å²) >= 11 is 0. The maximum Gasteiger partial charge on any atom is 0.268 e. The smallest absolute Gasteiger partial charge is 0.268 e. The van der Waals surface area contributed by atoms with Crippen molar-refractivity contribution in [1.29, 1.82) is 0 Å². The van der Waals surface area contributed by atoms with Crippen LogP contribution in [-0.2, 0) is 18.4 Å². The Kier molecular flexibility index (Phi) is 42.8. The number of phosphoric ester groups is 1. The van der Waals surface area contributed by atoms with Crippen LogP contribution in [0.4, 0.5) is 0 Å². The summed E-state index contributed by atoms with van der Waals surface area (Å²) in [5.41, 5.74) is 0. The zero-order valence-corrected chi connectivity index (χ0v) is 41.9. The Balaban J connectivity index is 3.98. The number of aliphatic hydroxyl groups is 1. The molecular weight excluding hydrogens is 804 g/mol. The number of amides is 1. The van der Waals surface area contributed by atoms with Gasteiger partial charge in [-0.25, -0.2) is 0 Å². The third kappa shape index (κ3) is 47.2. The minimum absolute atomic E-state index is 0.00617. The predicted molar refractivity (Wildman–Crippen MR) is 269 cm³/mol. The molecule has 0 aliphatic carbocycles. The summed E-state index contributed by atoms with van der Waals surface area (Å²) in [6.07, 6.45) is 63.2. The van der Waals surface area contributed by atoms with Gasteiger partial charge in [-0.05, 0) is 77.0 Å². The molecule has 0 spiro atoms. The molecule has 9 heteroatoms. The Morgan fingerprint density at radius 1 is 0.571 bits per heavy atom. The maximum absolute atomic E-state index is 12.8. The summed E-state index contributed by atoms with van der Waals surface area (Å²) in [6, 6.07) is -0.805. The molecule has 0 saturated carbocycles. The van der Waals surface area contributed by atoms with Gasteiger partial charge in [0, 0.05) is 6.42 Å². The van der Waals surface area contributed by atoms with Crippen LogP contribution in [0, 0.1) is 0 Å². The monoisotopic (exact) mass is 899 g/mol. The summed E-state index contributed by atoms with van der Waals surface area (Å²) in [5, 5.41) is 13.8. The number of carbonyl (C=O) groups is 1. The molecule has 0 radical (unpaired) electrons. The fourth-order valence-corrected chi connectivity index (χ4v) is 7.36. The van der Waals surface area contributed by atoms with E-state index in [2.05, 4.69) is 116 Å². The van der Waals surface area contributed by atoms with E-state index in [4.69, 9.17) is 9.05 Å². The van der Waals surface area contributed by atoms with Crippen LogP contribution in [-0.4, -0.2) is 68.5 Å². The molecular formula is C54H95N2O6P. The predicted octanol–water partition coefficient (Wildman–Crippen LogP) is 14.1. The fraction of sp³-hybridized carbons (Fsp3) is 0.685. The minimum Gasteiger partial charge on any atom is -0.756 e. The lowest BCUT2D eigenvalue weighted by Gasteiger charge is -2.30. The lowest BCUT2D eigenvalue weighted by Crippen LogP contribution is -2.46. The molecule has 0 aromatic rings. The standard InChI is InChI=1S/C54H95N2O6P/c1-6-8-10-12-14-15-16-17-18-19-20-21-22-23-24-25-26-27-28-29-30-31-32-33-34-35-36-37-38-39-40-41-42-44-46-48-54(58)55-52(53(57)47-45-43-13-11-9-7-2)51-62-63(59,60)61-50-49-56(3,4)5/h8,10,14-15,17-18,20-21,23-24,26-27,29-30,32-33,52-53,57H,6-7,9,11-13,16,19,22,25,28,31,34-51H2,1-5H3,(H-,55,58,59,60)/b10-8-,15-14-,18-17-,21-20-,24-23-,27-26-,30-29-,33-32-. The van der Waals surface area contributed by atoms with Crippen LogP contribution in [0.3, 0.4) is 0 Å². The van der Waals surface area contributed by atoms with Gasteiger partial charge in [-0.2, -0.15) is 0 Å². The van der Waals surface area contributed by atoms with Gasteiger partial charge in [0.2, 0.25) is 5.91 Å². The summed E-state index contributed by atoms with van der Waals surface area (Å²) in [6.45, 7) is 4.51. The molecule has 0 aromatic heterocycles. The Bertz CT molecular complexity index is 1340. The van der Waals surface area contributed by atoms with E-state index >= 15 is 0 Å². The van der Waals surface area contributed by atoms with Crippen LogP contribution in [0.2, 0.25) is 0 Å². The number of rotatable bonds is 44. The highest BCUT2D eigenvalue weighted by Crippen LogP contribution is 2.38. The second-order valence-electron chi connectivity index (χ2n) is 17.8. The first-order valence-corrected chi connectivity index (χ1v) is 26.5. The van der Waals surface area contributed by atoms with Crippen LogP contribution >= 0.6 is 7.82 Å². The van der Waals surface area contributed by atoms with E-state index in [-0.39, 0.29) is 19.1 Å². The highest BCUT2D eigenvalue weighted by Gasteiger charge is 2.24. The average Bonchev–Trinajstić information content (AvgIpc) is 3.24. The van der Waals surface area contributed by atoms with Crippen molar-refractivity contribution in [2.75, 3.05) is 40.9 Å². The topological polar surface area (TPSA) is 108 Å². The number of likely N-dealkylation sites (N-methyl/N-ethyl adjacent to an activating group) is 1. The zero-order chi connectivity index (χ0) is 46.4. The van der Waals surface area contributed by atoms with Gasteiger partial charge in [-0.15, -0.1) is 0 Å². The molecule has 2 N–H and O–H groups in total. The van der Waals surface area contributed by atoms with Crippen molar-refractivity contribution in [3.05, 3.63) is 97.2 Å². The molecule has 0 bridgehead atoms. The van der Waals surface area contributed by atoms with Gasteiger partial charge < -0.3 is 28.8 Å². The van der Waals surface area contributed by atoms with Crippen LogP contribution in [0.5, 0.6) is 0 Å². The molecule has 0 aromatic carbocycles. The van der Waals surface area contributed by atoms with Crippen molar-refractivity contribution in [3.63, 3.8) is 0 Å². The molecule has 0 aliphatic rings. The summed E-state index contributed by atoms with van der Waals surface area (Å²) in [4.78, 5) is 25.2. The van der Waals surface area contributed by atoms with E-state index in [9.17, 15) is 19.4 Å². The van der Waals surface area contributed by atoms with Crippen molar-refractivity contribution >= 4 is 13.7 Å². The van der Waals surface area contributed by atoms with Crippen molar-refractivity contribution < 1.29 is 32.9 Å². The fourth-order valence-electron chi connectivity index (χ4n) is 6.64. The van der Waals surface area contributed by atoms with Crippen molar-refractivity contribution in [2.45, 2.75) is 199 Å². The first-order chi connectivity index (χ1) is 30.5. The van der Waals surface area contributed by atoms with Gasteiger partial charge in [0.1, 0.15) is 13.2 Å². The SMILES string of the molecule is CC/C=C\C/C=C\C/C=C\C/C=C\C/C=C\C/C=C\C/C=C\C/C=C\CCCCCCCCCCCCC(=O)NC(COP(=O)([O-])OCC[N+](C)(C)C)C(O)CCCCCCCC. The van der Waals surface area contributed by atoms with Crippen molar-refractivity contribution in [2.24, 2.45) is 0 Å². The zero-order valence-electron chi connectivity index (χ0n) is 41.0. The molecule has 0 rings (SSSR count). The van der Waals surface area contributed by atoms with Crippen LogP contribution < -0.4 is 10.2 Å². The van der Waals surface area contributed by atoms with Crippen LogP contribution in [0.15, 0.2) is 97.2 Å². The van der Waals surface area contributed by atoms with Gasteiger partial charge in [-0.3, -0.25) is 9.36 Å². The Morgan fingerprint density at radius 3 is 1.41 bits per heavy atom. The third-order valence-electron chi connectivity index (χ3n) is 10.6. The number of quaternary nitrogens is 1. The number of aliphatic hydroxyl groups excluding tert-OH is 1. The number of nitrogens with one attached hydrogen (secondary N) is 1. The van der Waals surface area contributed by atoms with Crippen LogP contribution in [0.1, 0.15) is 187 Å². The lowest BCUT2D eigenvalue weighted by atomic mass is 10.0. The molecule has 0 saturated heterocycles. The molecule has 362 valence electrons. The maximum atomic E-state index is 12.8. The molecule has 8 nitrogen and oxygen atoms in total. The van der Waals surface area contributed by atoms with Gasteiger partial charge in [-0.1, -0.05) is 201 Å². The van der Waals surface area contributed by atoms with E-state index in [1.807, 2.05) is 21.1 Å². The number of hydrogen-bond donors (Lipinski definition) is 2. The quantitative estimate of drug-likeness (QED) is 0.0273. The van der Waals surface area contributed by atoms with E-state index in [1.165, 1.54) is 64.2 Å². The first kappa shape index (κ1) is 60.4. The summed E-state index contributed by atoms with van der Waals surface area (Å²) in [5.74, 6) is -0.180. The number of unbranched alkanes of at least 4 members (excludes halogenated alkanes) is 15. The number of phosphoric acid groups is 1. The Morgan fingerprint density at radius 2 is 0.968 bits per heavy atom. The second kappa shape index (κ2) is 44.6. The van der Waals surface area contributed by atoms with Crippen LogP contribution in [0.25, 0.3) is 0 Å². The molecule has 3 unspecified atom stereocenters. The number of hydrogen-bond acceptors (Lipinski definition) is 6. The lowest BCUT2D eigenvalue weighted by molar-refractivity contribution is -0.870. The Labute approximate surface area is 388 Å². The second-order valence-corrected chi connectivity index (χ2v) is 19.2. The number of carbonyl (C=O) groups excluding carboxylic acids is 1. The Hall–Kier alpha value is -2.58. The molecule has 0 heterocycles. The summed E-state index contributed by atoms with van der Waals surface area (Å²) in [7, 11) is 1.28. The van der Waals surface area contributed by atoms with Crippen molar-refractivity contribution in [3.8, 4) is 0 Å². The molecule has 1 amide bonds. The average molecular weight is 899 g/mol. The third-order valence-corrected chi connectivity index (χ3v) is 11.6. The number of allylic oxidation sites excluding steroid dienone is 16. The molecule has 63 heavy (non-hydrogen) atoms. The van der Waals surface area contributed by atoms with E-state index < -0.39 is 20.0 Å². The van der Waals surface area contributed by atoms with Crippen molar-refractivity contribution in [1.82, 2.24) is 5.32 Å². The van der Waals surface area contributed by atoms with E-state index in [0.717, 1.165) is 96.3 Å². The largest absolute Gasteiger partial charge is 0.756 e. The van der Waals surface area contributed by atoms with E-state index in [1.54, 1.807) is 0 Å². The van der Waals surface area contributed by atoms with Gasteiger partial charge >= 0.3 is 0 Å². The molecule has 3 atom stereocenters. The number of nitrogens with zero attached hydrogens (tertiary/aromatic N) is 1. The highest BCUT2D eigenvalue weighted by molar-refractivity contribution is 7.45. The summed E-state index contributed by atoms with van der Waals surface area (Å²) < 4.78 is 23.1. The highest BCUT2D eigenvalue weighted by atomic mass is 31.2. The van der Waals surface area contributed by atoms with Gasteiger partial charge in [0.15, 0.2) is 0 Å². The van der Waals surface area contributed by atoms with Gasteiger partial charge in [0.25, 0.3) is 7.82 Å². The molecule has 0 fully saturated rings. The minimum atomic E-state index is -4.56. The normalized spacial score (nSPS) is 15.0. The van der Waals surface area contributed by atoms with E-state index in [0.29, 0.717) is 23.9 Å². The van der Waals surface area contributed by atoms with Gasteiger partial charge in [0.05, 0.1) is 39.9 Å².